The number of hydrogen-bond donors (Lipinski definition) is 1. The molecule has 17 heavy (non-hydrogen) atoms. The Morgan fingerprint density at radius 1 is 1.47 bits per heavy atom. The van der Waals surface area contributed by atoms with E-state index < -0.39 is 0 Å². The molecule has 92 valence electrons. The van der Waals surface area contributed by atoms with E-state index >= 15 is 0 Å². The summed E-state index contributed by atoms with van der Waals surface area (Å²) in [6.45, 7) is 1.14. The third-order valence-corrected chi connectivity index (χ3v) is 4.30. The Morgan fingerprint density at radius 2 is 2.41 bits per heavy atom. The van der Waals surface area contributed by atoms with E-state index in [1.54, 1.807) is 29.4 Å². The van der Waals surface area contributed by atoms with Gasteiger partial charge < -0.3 is 9.67 Å². The molecule has 0 fully saturated rings. The van der Waals surface area contributed by atoms with Crippen molar-refractivity contribution in [3.05, 3.63) is 28.7 Å². The Hall–Kier alpha value is -0.850. The Balaban J connectivity index is 1.85. The zero-order valence-corrected chi connectivity index (χ0v) is 11.1. The van der Waals surface area contributed by atoms with E-state index in [0.717, 1.165) is 30.3 Å². The fraction of sp³-hybridized carbons (Fsp3) is 0.455. The first-order valence-corrected chi connectivity index (χ1v) is 7.40. The van der Waals surface area contributed by atoms with Crippen LogP contribution < -0.4 is 0 Å². The maximum atomic E-state index is 8.74. The van der Waals surface area contributed by atoms with Gasteiger partial charge in [0.15, 0.2) is 5.16 Å². The number of aliphatic hydroxyl groups is 1. The van der Waals surface area contributed by atoms with Gasteiger partial charge in [-0.25, -0.2) is 0 Å². The molecule has 0 saturated heterocycles. The van der Waals surface area contributed by atoms with Crippen LogP contribution in [-0.2, 0) is 13.0 Å². The Kier molecular flexibility index (Phi) is 5.03. The minimum Gasteiger partial charge on any atom is -0.396 e. The summed E-state index contributed by atoms with van der Waals surface area (Å²) < 4.78 is 2.07. The smallest absolute Gasteiger partial charge is 0.191 e. The van der Waals surface area contributed by atoms with Crippen LogP contribution in [0.2, 0.25) is 0 Å². The van der Waals surface area contributed by atoms with E-state index in [0.29, 0.717) is 0 Å². The van der Waals surface area contributed by atoms with Gasteiger partial charge in [-0.1, -0.05) is 17.8 Å². The van der Waals surface area contributed by atoms with Gasteiger partial charge in [0.25, 0.3) is 0 Å². The van der Waals surface area contributed by atoms with E-state index in [4.69, 9.17) is 5.11 Å². The predicted molar refractivity (Wildman–Crippen MR) is 70.5 cm³/mol. The molecule has 0 aromatic carbocycles. The second-order valence-corrected chi connectivity index (χ2v) is 5.66. The van der Waals surface area contributed by atoms with Gasteiger partial charge in [0, 0.05) is 23.8 Å². The number of aliphatic hydroxyl groups excluding tert-OH is 1. The van der Waals surface area contributed by atoms with E-state index in [1.807, 2.05) is 0 Å². The summed E-state index contributed by atoms with van der Waals surface area (Å²) >= 11 is 3.43. The van der Waals surface area contributed by atoms with Gasteiger partial charge in [0.1, 0.15) is 6.33 Å². The van der Waals surface area contributed by atoms with Gasteiger partial charge >= 0.3 is 0 Å². The average molecular weight is 269 g/mol. The third-order valence-electron chi connectivity index (χ3n) is 2.29. The summed E-state index contributed by atoms with van der Waals surface area (Å²) in [7, 11) is 0. The molecule has 2 aromatic rings. The van der Waals surface area contributed by atoms with Gasteiger partial charge in [-0.2, -0.15) is 0 Å². The SMILES string of the molecule is OCCCSc1nncn1CCc1cccs1. The quantitative estimate of drug-likeness (QED) is 0.617. The largest absolute Gasteiger partial charge is 0.396 e. The van der Waals surface area contributed by atoms with Gasteiger partial charge in [0.05, 0.1) is 0 Å². The molecule has 2 heterocycles. The molecule has 0 atom stereocenters. The van der Waals surface area contributed by atoms with Crippen LogP contribution >= 0.6 is 23.1 Å². The molecule has 2 rings (SSSR count). The van der Waals surface area contributed by atoms with Crippen LogP contribution in [0.1, 0.15) is 11.3 Å². The molecule has 0 bridgehead atoms. The molecule has 0 aliphatic carbocycles. The van der Waals surface area contributed by atoms with Crippen molar-refractivity contribution < 1.29 is 5.11 Å². The Labute approximate surface area is 109 Å². The number of thioether (sulfide) groups is 1. The molecular formula is C11H15N3OS2. The molecule has 2 aromatic heterocycles. The lowest BCUT2D eigenvalue weighted by molar-refractivity contribution is 0.296. The number of rotatable bonds is 7. The van der Waals surface area contributed by atoms with Gasteiger partial charge in [0.2, 0.25) is 0 Å². The lowest BCUT2D eigenvalue weighted by atomic mass is 10.3. The first kappa shape index (κ1) is 12.6. The maximum Gasteiger partial charge on any atom is 0.191 e. The third kappa shape index (κ3) is 3.83. The highest BCUT2D eigenvalue weighted by Crippen LogP contribution is 2.17. The number of aryl methyl sites for hydroxylation is 2. The van der Waals surface area contributed by atoms with E-state index in [1.165, 1.54) is 4.88 Å². The van der Waals surface area contributed by atoms with Crippen LogP contribution in [-0.4, -0.2) is 32.2 Å². The summed E-state index contributed by atoms with van der Waals surface area (Å²) in [4.78, 5) is 1.38. The van der Waals surface area contributed by atoms with Crippen LogP contribution in [0.5, 0.6) is 0 Å². The zero-order chi connectivity index (χ0) is 11.9. The van der Waals surface area contributed by atoms with E-state index in [-0.39, 0.29) is 6.61 Å². The van der Waals surface area contributed by atoms with Crippen molar-refractivity contribution >= 4 is 23.1 Å². The first-order chi connectivity index (χ1) is 8.40. The summed E-state index contributed by atoms with van der Waals surface area (Å²) in [5.41, 5.74) is 0. The molecule has 4 nitrogen and oxygen atoms in total. The second kappa shape index (κ2) is 6.78. The molecule has 6 heteroatoms. The Morgan fingerprint density at radius 3 is 3.18 bits per heavy atom. The van der Waals surface area contributed by atoms with E-state index in [2.05, 4.69) is 32.3 Å². The lowest BCUT2D eigenvalue weighted by Gasteiger charge is -2.04. The highest BCUT2D eigenvalue weighted by molar-refractivity contribution is 7.99. The minimum atomic E-state index is 0.232. The molecule has 0 amide bonds. The molecule has 0 spiro atoms. The highest BCUT2D eigenvalue weighted by atomic mass is 32.2. The Bertz CT molecular complexity index is 428. The number of nitrogens with zero attached hydrogens (tertiary/aromatic N) is 3. The molecule has 0 aliphatic rings. The zero-order valence-electron chi connectivity index (χ0n) is 9.45. The molecule has 0 radical (unpaired) electrons. The van der Waals surface area contributed by atoms with Crippen molar-refractivity contribution in [2.24, 2.45) is 0 Å². The van der Waals surface area contributed by atoms with Crippen LogP contribution in [0.3, 0.4) is 0 Å². The number of hydrogen-bond acceptors (Lipinski definition) is 5. The standard InChI is InChI=1S/C11H15N3OS2/c15-6-2-8-17-11-13-12-9-14(11)5-4-10-3-1-7-16-10/h1,3,7,9,15H,2,4-6,8H2. The number of aromatic nitrogens is 3. The molecule has 0 saturated carbocycles. The minimum absolute atomic E-state index is 0.232. The summed E-state index contributed by atoms with van der Waals surface area (Å²) in [6.07, 6.45) is 3.58. The molecule has 0 aliphatic heterocycles. The fourth-order valence-corrected chi connectivity index (χ4v) is 2.99. The summed E-state index contributed by atoms with van der Waals surface area (Å²) in [6, 6.07) is 4.22. The predicted octanol–water partition coefficient (Wildman–Crippen LogP) is 2.06. The van der Waals surface area contributed by atoms with Crippen LogP contribution in [0.15, 0.2) is 29.0 Å². The average Bonchev–Trinajstić information content (AvgIpc) is 2.97. The fourth-order valence-electron chi connectivity index (χ4n) is 1.42. The molecule has 0 unspecified atom stereocenters. The van der Waals surface area contributed by atoms with Crippen molar-refractivity contribution in [3.63, 3.8) is 0 Å². The van der Waals surface area contributed by atoms with Crippen molar-refractivity contribution in [1.82, 2.24) is 14.8 Å². The molecule has 1 N–H and O–H groups in total. The van der Waals surface area contributed by atoms with Crippen LogP contribution in [0.25, 0.3) is 0 Å². The monoisotopic (exact) mass is 269 g/mol. The van der Waals surface area contributed by atoms with Crippen LogP contribution in [0, 0.1) is 0 Å². The number of thiophene rings is 1. The summed E-state index contributed by atoms with van der Waals surface area (Å²) in [5, 5.41) is 19.8. The lowest BCUT2D eigenvalue weighted by Crippen LogP contribution is -2.01. The van der Waals surface area contributed by atoms with Gasteiger partial charge in [-0.3, -0.25) is 0 Å². The topological polar surface area (TPSA) is 50.9 Å². The van der Waals surface area contributed by atoms with Crippen molar-refractivity contribution in [2.45, 2.75) is 24.5 Å². The van der Waals surface area contributed by atoms with Crippen molar-refractivity contribution in [1.29, 1.82) is 0 Å². The first-order valence-electron chi connectivity index (χ1n) is 5.54. The normalized spacial score (nSPS) is 10.9. The van der Waals surface area contributed by atoms with Crippen molar-refractivity contribution in [2.75, 3.05) is 12.4 Å². The summed E-state index contributed by atoms with van der Waals surface area (Å²) in [5.74, 6) is 0.883. The molecular weight excluding hydrogens is 254 g/mol. The highest BCUT2D eigenvalue weighted by Gasteiger charge is 2.05. The van der Waals surface area contributed by atoms with E-state index in [9.17, 15) is 0 Å². The maximum absolute atomic E-state index is 8.74. The van der Waals surface area contributed by atoms with Crippen molar-refractivity contribution in [3.8, 4) is 0 Å². The van der Waals surface area contributed by atoms with Gasteiger partial charge in [-0.05, 0) is 24.3 Å². The van der Waals surface area contributed by atoms with Crippen LogP contribution in [0.4, 0.5) is 0 Å². The second-order valence-electron chi connectivity index (χ2n) is 3.56. The van der Waals surface area contributed by atoms with Gasteiger partial charge in [-0.15, -0.1) is 21.5 Å².